The molecule has 1 aliphatic heterocycles. The van der Waals surface area contributed by atoms with Crippen LogP contribution in [0.4, 0.5) is 0 Å². The molecule has 14 heavy (non-hydrogen) atoms. The molecule has 0 spiro atoms. The number of ether oxygens (including phenoxy) is 1. The Kier molecular flexibility index (Phi) is 2.41. The zero-order valence-electron chi connectivity index (χ0n) is 7.86. The summed E-state index contributed by atoms with van der Waals surface area (Å²) in [5, 5.41) is 2.79. The minimum Gasteiger partial charge on any atom is -0.377 e. The molecule has 5 nitrogen and oxygen atoms in total. The van der Waals surface area contributed by atoms with Crippen molar-refractivity contribution in [3.63, 3.8) is 0 Å². The molecule has 0 unspecified atom stereocenters. The Morgan fingerprint density at radius 1 is 1.50 bits per heavy atom. The van der Waals surface area contributed by atoms with Gasteiger partial charge in [0.25, 0.3) is 5.91 Å². The monoisotopic (exact) mass is 193 g/mol. The molecule has 0 aromatic carbocycles. The van der Waals surface area contributed by atoms with Crippen molar-refractivity contribution >= 4 is 5.91 Å². The molecule has 0 radical (unpaired) electrons. The lowest BCUT2D eigenvalue weighted by Gasteiger charge is -2.26. The second kappa shape index (κ2) is 3.71. The van der Waals surface area contributed by atoms with Crippen molar-refractivity contribution in [1.29, 1.82) is 0 Å². The van der Waals surface area contributed by atoms with E-state index in [2.05, 4.69) is 15.3 Å². The molecule has 1 fully saturated rings. The summed E-state index contributed by atoms with van der Waals surface area (Å²) < 4.78 is 4.94. The van der Waals surface area contributed by atoms with Crippen molar-refractivity contribution in [2.24, 2.45) is 0 Å². The van der Waals surface area contributed by atoms with Crippen LogP contribution in [0.1, 0.15) is 16.2 Å². The van der Waals surface area contributed by atoms with Crippen LogP contribution in [0.5, 0.6) is 0 Å². The van der Waals surface area contributed by atoms with Crippen molar-refractivity contribution in [3.8, 4) is 0 Å². The third-order valence-corrected chi connectivity index (χ3v) is 1.99. The Bertz CT molecular complexity index is 332. The van der Waals surface area contributed by atoms with E-state index in [4.69, 9.17) is 4.74 Å². The molecule has 1 aromatic heterocycles. The third kappa shape index (κ3) is 1.88. The minimum absolute atomic E-state index is 0.130. The molecular weight excluding hydrogens is 182 g/mol. The van der Waals surface area contributed by atoms with Crippen LogP contribution in [-0.4, -0.2) is 35.1 Å². The fourth-order valence-electron chi connectivity index (χ4n) is 1.09. The van der Waals surface area contributed by atoms with Gasteiger partial charge < -0.3 is 10.1 Å². The molecule has 1 saturated heterocycles. The van der Waals surface area contributed by atoms with Crippen LogP contribution in [0.15, 0.2) is 12.4 Å². The molecule has 0 atom stereocenters. The summed E-state index contributed by atoms with van der Waals surface area (Å²) in [6.45, 7) is 3.00. The summed E-state index contributed by atoms with van der Waals surface area (Å²) >= 11 is 0. The fraction of sp³-hybridized carbons (Fsp3) is 0.444. The van der Waals surface area contributed by atoms with Crippen LogP contribution in [-0.2, 0) is 4.74 Å². The highest BCUT2D eigenvalue weighted by Crippen LogP contribution is 2.01. The first-order valence-electron chi connectivity index (χ1n) is 4.43. The van der Waals surface area contributed by atoms with Gasteiger partial charge in [-0.25, -0.2) is 4.98 Å². The van der Waals surface area contributed by atoms with Crippen LogP contribution >= 0.6 is 0 Å². The lowest BCUT2D eigenvalue weighted by molar-refractivity contribution is -0.00355. The van der Waals surface area contributed by atoms with Crippen LogP contribution < -0.4 is 5.32 Å². The first-order valence-corrected chi connectivity index (χ1v) is 4.43. The number of aromatic nitrogens is 2. The molecule has 0 saturated carbocycles. The van der Waals surface area contributed by atoms with E-state index in [1.165, 1.54) is 6.20 Å². The highest BCUT2D eigenvalue weighted by Gasteiger charge is 2.21. The molecule has 74 valence electrons. The maximum Gasteiger partial charge on any atom is 0.271 e. The molecule has 1 aromatic rings. The van der Waals surface area contributed by atoms with E-state index in [-0.39, 0.29) is 11.9 Å². The van der Waals surface area contributed by atoms with Gasteiger partial charge in [0.1, 0.15) is 5.69 Å². The summed E-state index contributed by atoms with van der Waals surface area (Å²) in [6.07, 6.45) is 3.05. The van der Waals surface area contributed by atoms with E-state index in [9.17, 15) is 4.79 Å². The number of nitrogens with one attached hydrogen (secondary N) is 1. The molecule has 1 amide bonds. The first kappa shape index (κ1) is 9.08. The summed E-state index contributed by atoms with van der Waals surface area (Å²) in [5.41, 5.74) is 1.15. The third-order valence-electron chi connectivity index (χ3n) is 1.99. The van der Waals surface area contributed by atoms with E-state index in [0.717, 1.165) is 5.69 Å². The minimum atomic E-state index is -0.189. The topological polar surface area (TPSA) is 64.1 Å². The predicted octanol–water partition coefficient (Wildman–Crippen LogP) is -0.0864. The first-order chi connectivity index (χ1) is 6.75. The van der Waals surface area contributed by atoms with E-state index in [1.807, 2.05) is 6.92 Å². The Balaban J connectivity index is 1.99. The molecule has 1 N–H and O–H groups in total. The van der Waals surface area contributed by atoms with Gasteiger partial charge in [0.2, 0.25) is 0 Å². The zero-order valence-corrected chi connectivity index (χ0v) is 7.86. The van der Waals surface area contributed by atoms with Gasteiger partial charge in [-0.2, -0.15) is 0 Å². The second-order valence-electron chi connectivity index (χ2n) is 3.25. The number of carbonyl (C=O) groups is 1. The Morgan fingerprint density at radius 2 is 2.29 bits per heavy atom. The van der Waals surface area contributed by atoms with Gasteiger partial charge in [-0.3, -0.25) is 9.78 Å². The number of hydrogen-bond acceptors (Lipinski definition) is 4. The van der Waals surface area contributed by atoms with Gasteiger partial charge >= 0.3 is 0 Å². The summed E-state index contributed by atoms with van der Waals surface area (Å²) in [6, 6.07) is 0.130. The lowest BCUT2D eigenvalue weighted by Crippen LogP contribution is -2.48. The normalized spacial score (nSPS) is 16.1. The summed E-state index contributed by atoms with van der Waals surface area (Å²) in [4.78, 5) is 19.5. The van der Waals surface area contributed by atoms with Crippen LogP contribution in [0.25, 0.3) is 0 Å². The molecule has 2 heterocycles. The SMILES string of the molecule is Cc1cnc(C(=O)NC2COC2)cn1. The van der Waals surface area contributed by atoms with Crippen LogP contribution in [0, 0.1) is 6.92 Å². The molecular formula is C9H11N3O2. The number of hydrogen-bond donors (Lipinski definition) is 1. The van der Waals surface area contributed by atoms with Gasteiger partial charge in [-0.15, -0.1) is 0 Å². The van der Waals surface area contributed by atoms with Gasteiger partial charge in [0.15, 0.2) is 0 Å². The molecule has 0 aliphatic carbocycles. The molecule has 0 bridgehead atoms. The van der Waals surface area contributed by atoms with Crippen molar-refractivity contribution in [3.05, 3.63) is 23.8 Å². The number of rotatable bonds is 2. The number of carbonyl (C=O) groups excluding carboxylic acids is 1. The Hall–Kier alpha value is -1.49. The average Bonchev–Trinajstić information content (AvgIpc) is 2.12. The molecule has 5 heteroatoms. The van der Waals surface area contributed by atoms with E-state index < -0.39 is 0 Å². The fourth-order valence-corrected chi connectivity index (χ4v) is 1.09. The maximum absolute atomic E-state index is 11.5. The average molecular weight is 193 g/mol. The van der Waals surface area contributed by atoms with Crippen molar-refractivity contribution in [1.82, 2.24) is 15.3 Å². The van der Waals surface area contributed by atoms with Crippen molar-refractivity contribution in [2.45, 2.75) is 13.0 Å². The molecule has 1 aliphatic rings. The summed E-state index contributed by atoms with van der Waals surface area (Å²) in [7, 11) is 0. The Morgan fingerprint density at radius 3 is 2.79 bits per heavy atom. The van der Waals surface area contributed by atoms with Gasteiger partial charge in [0, 0.05) is 6.20 Å². The van der Waals surface area contributed by atoms with Crippen molar-refractivity contribution in [2.75, 3.05) is 13.2 Å². The van der Waals surface area contributed by atoms with E-state index in [1.54, 1.807) is 6.20 Å². The van der Waals surface area contributed by atoms with Crippen molar-refractivity contribution < 1.29 is 9.53 Å². The zero-order chi connectivity index (χ0) is 9.97. The number of aryl methyl sites for hydroxylation is 1. The Labute approximate surface area is 81.5 Å². The van der Waals surface area contributed by atoms with Crippen LogP contribution in [0.2, 0.25) is 0 Å². The van der Waals surface area contributed by atoms with E-state index in [0.29, 0.717) is 18.9 Å². The highest BCUT2D eigenvalue weighted by molar-refractivity contribution is 5.92. The molecule has 2 rings (SSSR count). The largest absolute Gasteiger partial charge is 0.377 e. The lowest BCUT2D eigenvalue weighted by atomic mass is 10.2. The number of nitrogens with zero attached hydrogens (tertiary/aromatic N) is 2. The summed E-state index contributed by atoms with van der Waals surface area (Å²) in [5.74, 6) is -0.189. The quantitative estimate of drug-likeness (QED) is 0.713. The maximum atomic E-state index is 11.5. The smallest absolute Gasteiger partial charge is 0.271 e. The van der Waals surface area contributed by atoms with Gasteiger partial charge in [0.05, 0.1) is 31.1 Å². The standard InChI is InChI=1S/C9H11N3O2/c1-6-2-11-8(3-10-6)9(13)12-7-4-14-5-7/h2-3,7H,4-5H2,1H3,(H,12,13). The predicted molar refractivity (Wildman–Crippen MR) is 48.8 cm³/mol. The van der Waals surface area contributed by atoms with E-state index >= 15 is 0 Å². The van der Waals surface area contributed by atoms with Crippen LogP contribution in [0.3, 0.4) is 0 Å². The van der Waals surface area contributed by atoms with Gasteiger partial charge in [-0.05, 0) is 6.92 Å². The number of amides is 1. The second-order valence-corrected chi connectivity index (χ2v) is 3.25. The van der Waals surface area contributed by atoms with Gasteiger partial charge in [-0.1, -0.05) is 0 Å². The highest BCUT2D eigenvalue weighted by atomic mass is 16.5.